The van der Waals surface area contributed by atoms with E-state index in [0.29, 0.717) is 50.3 Å². The molecule has 4 rings (SSSR count). The molecule has 4 aromatic carbocycles. The molecule has 0 unspecified atom stereocenters. The number of allylic oxidation sites excluding steroid dienone is 1. The molecule has 2 N–H and O–H groups in total. The van der Waals surface area contributed by atoms with Crippen molar-refractivity contribution in [3.05, 3.63) is 141 Å². The molecule has 0 atom stereocenters. The Balaban J connectivity index is 1.49. The van der Waals surface area contributed by atoms with Crippen LogP contribution in [0.25, 0.3) is 12.2 Å². The summed E-state index contributed by atoms with van der Waals surface area (Å²) in [5.74, 6) is -0.490. The van der Waals surface area contributed by atoms with E-state index in [-0.39, 0.29) is 11.5 Å². The van der Waals surface area contributed by atoms with Gasteiger partial charge in [-0.3, -0.25) is 14.4 Å². The second-order valence-electron chi connectivity index (χ2n) is 8.78. The molecule has 0 saturated carbocycles. The Kier molecular flexibility index (Phi) is 10.1. The second-order valence-corrected chi connectivity index (χ2v) is 9.62. The first-order valence-electron chi connectivity index (χ1n) is 12.7. The quantitative estimate of drug-likeness (QED) is 0.148. The summed E-state index contributed by atoms with van der Waals surface area (Å²) in [6.07, 6.45) is 4.61. The number of carbonyl (C=O) groups excluding carboxylic acids is 3. The monoisotopic (exact) mass is 584 g/mol. The zero-order valence-corrected chi connectivity index (χ0v) is 23.6. The summed E-state index contributed by atoms with van der Waals surface area (Å²) < 4.78 is 5.48. The van der Waals surface area contributed by atoms with Gasteiger partial charge in [0.05, 0.1) is 6.61 Å². The third-order valence-corrected chi connectivity index (χ3v) is 6.40. The Hall–Kier alpha value is -4.65. The van der Waals surface area contributed by atoms with E-state index < -0.39 is 11.8 Å². The minimum atomic E-state index is -0.528. The van der Waals surface area contributed by atoms with Gasteiger partial charge in [-0.1, -0.05) is 59.6 Å². The van der Waals surface area contributed by atoms with Crippen LogP contribution >= 0.6 is 23.2 Å². The maximum atomic E-state index is 13.3. The molecule has 0 radical (unpaired) electrons. The van der Waals surface area contributed by atoms with Gasteiger partial charge in [0.25, 0.3) is 11.8 Å². The van der Waals surface area contributed by atoms with Gasteiger partial charge in [0, 0.05) is 26.9 Å². The lowest BCUT2D eigenvalue weighted by molar-refractivity contribution is -0.113. The SMILES string of the molecule is CCOc1ccc(/C=C(\NC(=O)c2ccccc2)C(=O)Nc2ccc(C(=O)/C=C/c3ccc(Cl)cc3Cl)cc2)cc1. The van der Waals surface area contributed by atoms with Gasteiger partial charge in [0.15, 0.2) is 5.78 Å². The predicted octanol–water partition coefficient (Wildman–Crippen LogP) is 7.70. The summed E-state index contributed by atoms with van der Waals surface area (Å²) >= 11 is 12.1. The lowest BCUT2D eigenvalue weighted by Gasteiger charge is -2.12. The van der Waals surface area contributed by atoms with Crippen molar-refractivity contribution in [3.63, 3.8) is 0 Å². The van der Waals surface area contributed by atoms with Gasteiger partial charge < -0.3 is 15.4 Å². The Morgan fingerprint density at radius 3 is 2.20 bits per heavy atom. The summed E-state index contributed by atoms with van der Waals surface area (Å²) in [5.41, 5.74) is 2.69. The molecule has 0 heterocycles. The summed E-state index contributed by atoms with van der Waals surface area (Å²) in [5, 5.41) is 6.44. The van der Waals surface area contributed by atoms with E-state index >= 15 is 0 Å². The van der Waals surface area contributed by atoms with Gasteiger partial charge in [0.2, 0.25) is 0 Å². The largest absolute Gasteiger partial charge is 0.494 e. The van der Waals surface area contributed by atoms with Crippen molar-refractivity contribution < 1.29 is 19.1 Å². The predicted molar refractivity (Wildman–Crippen MR) is 164 cm³/mol. The van der Waals surface area contributed by atoms with E-state index in [4.69, 9.17) is 27.9 Å². The summed E-state index contributed by atoms with van der Waals surface area (Å²) in [6.45, 7) is 2.43. The molecule has 6 nitrogen and oxygen atoms in total. The highest BCUT2D eigenvalue weighted by atomic mass is 35.5. The smallest absolute Gasteiger partial charge is 0.272 e. The van der Waals surface area contributed by atoms with Crippen LogP contribution in [0.2, 0.25) is 10.0 Å². The molecule has 0 spiro atoms. The minimum Gasteiger partial charge on any atom is -0.494 e. The second kappa shape index (κ2) is 14.1. The van der Waals surface area contributed by atoms with Crippen LogP contribution in [0, 0.1) is 0 Å². The van der Waals surface area contributed by atoms with Crippen molar-refractivity contribution in [2.24, 2.45) is 0 Å². The molecule has 0 aliphatic carbocycles. The standard InChI is InChI=1S/C33H26Cl2N2O4/c1-2-41-28-17-8-22(9-18-28)20-30(37-32(39)25-6-4-3-5-7-25)33(40)36-27-15-11-24(12-16-27)31(38)19-13-23-10-14-26(34)21-29(23)35/h3-21H,2H2,1H3,(H,36,40)(H,37,39)/b19-13+,30-20-. The third-order valence-electron chi connectivity index (χ3n) is 5.83. The molecular formula is C33H26Cl2N2O4. The molecule has 2 amide bonds. The number of halogens is 2. The van der Waals surface area contributed by atoms with E-state index in [9.17, 15) is 14.4 Å². The number of ether oxygens (including phenoxy) is 1. The third kappa shape index (κ3) is 8.42. The molecule has 0 bridgehead atoms. The van der Waals surface area contributed by atoms with E-state index in [1.165, 1.54) is 6.08 Å². The topological polar surface area (TPSA) is 84.5 Å². The Labute approximate surface area is 248 Å². The van der Waals surface area contributed by atoms with Crippen molar-refractivity contribution in [2.45, 2.75) is 6.92 Å². The maximum absolute atomic E-state index is 13.3. The van der Waals surface area contributed by atoms with E-state index in [0.717, 1.165) is 0 Å². The molecule has 0 aromatic heterocycles. The Bertz CT molecular complexity index is 1600. The molecule has 41 heavy (non-hydrogen) atoms. The summed E-state index contributed by atoms with van der Waals surface area (Å²) in [4.78, 5) is 38.8. The first-order chi connectivity index (χ1) is 19.8. The van der Waals surface area contributed by atoms with Crippen LogP contribution in [-0.2, 0) is 4.79 Å². The van der Waals surface area contributed by atoms with Crippen LogP contribution in [0.15, 0.2) is 109 Å². The lowest BCUT2D eigenvalue weighted by Crippen LogP contribution is -2.30. The van der Waals surface area contributed by atoms with Crippen LogP contribution in [0.5, 0.6) is 5.75 Å². The minimum absolute atomic E-state index is 0.0472. The van der Waals surface area contributed by atoms with E-state index in [2.05, 4.69) is 10.6 Å². The molecule has 0 fully saturated rings. The number of nitrogens with one attached hydrogen (secondary N) is 2. The van der Waals surface area contributed by atoms with Crippen LogP contribution < -0.4 is 15.4 Å². The number of anilines is 1. The van der Waals surface area contributed by atoms with Crippen molar-refractivity contribution in [1.82, 2.24) is 5.32 Å². The Morgan fingerprint density at radius 2 is 1.54 bits per heavy atom. The first-order valence-corrected chi connectivity index (χ1v) is 13.5. The molecule has 4 aromatic rings. The zero-order valence-electron chi connectivity index (χ0n) is 22.1. The van der Waals surface area contributed by atoms with Crippen molar-refractivity contribution in [1.29, 1.82) is 0 Å². The molecule has 206 valence electrons. The molecule has 8 heteroatoms. The molecular weight excluding hydrogens is 559 g/mol. The van der Waals surface area contributed by atoms with Crippen LogP contribution in [0.3, 0.4) is 0 Å². The summed E-state index contributed by atoms with van der Waals surface area (Å²) in [7, 11) is 0. The van der Waals surface area contributed by atoms with E-state index in [1.807, 2.05) is 6.92 Å². The highest BCUT2D eigenvalue weighted by Crippen LogP contribution is 2.22. The zero-order chi connectivity index (χ0) is 29.2. The van der Waals surface area contributed by atoms with Crippen molar-refractivity contribution >= 4 is 58.6 Å². The molecule has 0 aliphatic rings. The van der Waals surface area contributed by atoms with Gasteiger partial charge in [-0.05, 0) is 96.9 Å². The van der Waals surface area contributed by atoms with Gasteiger partial charge in [-0.25, -0.2) is 0 Å². The van der Waals surface area contributed by atoms with Gasteiger partial charge >= 0.3 is 0 Å². The van der Waals surface area contributed by atoms with Crippen LogP contribution in [0.4, 0.5) is 5.69 Å². The number of carbonyl (C=O) groups is 3. The Morgan fingerprint density at radius 1 is 0.829 bits per heavy atom. The van der Waals surface area contributed by atoms with Crippen LogP contribution in [0.1, 0.15) is 38.8 Å². The fourth-order valence-electron chi connectivity index (χ4n) is 3.75. The average Bonchev–Trinajstić information content (AvgIpc) is 2.98. The average molecular weight is 585 g/mol. The van der Waals surface area contributed by atoms with Gasteiger partial charge in [-0.2, -0.15) is 0 Å². The number of hydrogen-bond donors (Lipinski definition) is 2. The highest BCUT2D eigenvalue weighted by molar-refractivity contribution is 6.35. The summed E-state index contributed by atoms with van der Waals surface area (Å²) in [6, 6.07) is 27.2. The highest BCUT2D eigenvalue weighted by Gasteiger charge is 2.15. The maximum Gasteiger partial charge on any atom is 0.272 e. The van der Waals surface area contributed by atoms with Crippen molar-refractivity contribution in [3.8, 4) is 5.75 Å². The number of benzene rings is 4. The number of rotatable bonds is 10. The van der Waals surface area contributed by atoms with Crippen LogP contribution in [-0.4, -0.2) is 24.2 Å². The number of amides is 2. The number of hydrogen-bond acceptors (Lipinski definition) is 4. The fourth-order valence-corrected chi connectivity index (χ4v) is 4.22. The van der Waals surface area contributed by atoms with E-state index in [1.54, 1.807) is 109 Å². The van der Waals surface area contributed by atoms with Gasteiger partial charge in [0.1, 0.15) is 11.4 Å². The van der Waals surface area contributed by atoms with Crippen molar-refractivity contribution in [2.75, 3.05) is 11.9 Å². The lowest BCUT2D eigenvalue weighted by atomic mass is 10.1. The fraction of sp³-hybridized carbons (Fsp3) is 0.0606. The van der Waals surface area contributed by atoms with Gasteiger partial charge in [-0.15, -0.1) is 0 Å². The molecule has 0 aliphatic heterocycles. The molecule has 0 saturated heterocycles. The number of ketones is 1. The normalized spacial score (nSPS) is 11.2. The first kappa shape index (κ1) is 29.3.